The van der Waals surface area contributed by atoms with Crippen LogP contribution in [0, 0.1) is 0 Å². The fourth-order valence-electron chi connectivity index (χ4n) is 1.40. The van der Waals surface area contributed by atoms with Crippen LogP contribution in [-0.2, 0) is 10.0 Å². The molecule has 7 heteroatoms. The Morgan fingerprint density at radius 1 is 1.47 bits per heavy atom. The first-order valence-electron chi connectivity index (χ1n) is 5.34. The van der Waals surface area contributed by atoms with Crippen LogP contribution in [-0.4, -0.2) is 30.5 Å². The number of carbonyl (C=O) groups is 1. The molecule has 1 heterocycles. The van der Waals surface area contributed by atoms with Crippen LogP contribution in [0.15, 0.2) is 17.2 Å². The zero-order chi connectivity index (χ0) is 13.1. The number of rotatable bonds is 6. The Morgan fingerprint density at radius 2 is 2.06 bits per heavy atom. The topological polar surface area (TPSA) is 99.3 Å². The van der Waals surface area contributed by atoms with Crippen molar-refractivity contribution in [3.63, 3.8) is 0 Å². The number of H-pyrrole nitrogens is 1. The molecule has 0 aliphatic rings. The van der Waals surface area contributed by atoms with Crippen LogP contribution in [0.1, 0.15) is 37.2 Å². The molecule has 6 nitrogen and oxygen atoms in total. The SMILES string of the molecule is CCC(CC)NS(=O)(=O)c1c[nH]c(C(=O)O)c1. The van der Waals surface area contributed by atoms with E-state index in [9.17, 15) is 13.2 Å². The Balaban J connectivity index is 2.93. The summed E-state index contributed by atoms with van der Waals surface area (Å²) in [4.78, 5) is 13.0. The standard InChI is InChI=1S/C10H16N2O4S/c1-3-7(4-2)12-17(15,16)8-5-9(10(13)14)11-6-8/h5-7,11-12H,3-4H2,1-2H3,(H,13,14). The summed E-state index contributed by atoms with van der Waals surface area (Å²) in [6, 6.07) is 0.968. The van der Waals surface area contributed by atoms with Crippen molar-refractivity contribution in [2.24, 2.45) is 0 Å². The van der Waals surface area contributed by atoms with Crippen LogP contribution in [0.3, 0.4) is 0 Å². The van der Waals surface area contributed by atoms with Gasteiger partial charge >= 0.3 is 5.97 Å². The quantitative estimate of drug-likeness (QED) is 0.715. The molecule has 0 aliphatic heterocycles. The molecular weight excluding hydrogens is 244 g/mol. The summed E-state index contributed by atoms with van der Waals surface area (Å²) < 4.78 is 26.3. The fraction of sp³-hybridized carbons (Fsp3) is 0.500. The highest BCUT2D eigenvalue weighted by atomic mass is 32.2. The van der Waals surface area contributed by atoms with Gasteiger partial charge in [0, 0.05) is 12.2 Å². The van der Waals surface area contributed by atoms with Gasteiger partial charge < -0.3 is 10.1 Å². The first-order chi connectivity index (χ1) is 7.90. The molecule has 0 aliphatic carbocycles. The number of sulfonamides is 1. The Labute approximate surface area is 100 Å². The van der Waals surface area contributed by atoms with Gasteiger partial charge in [-0.05, 0) is 18.9 Å². The van der Waals surface area contributed by atoms with E-state index in [4.69, 9.17) is 5.11 Å². The molecule has 0 radical (unpaired) electrons. The Morgan fingerprint density at radius 3 is 2.47 bits per heavy atom. The monoisotopic (exact) mass is 260 g/mol. The number of hydrogen-bond donors (Lipinski definition) is 3. The summed E-state index contributed by atoms with van der Waals surface area (Å²) in [6.07, 6.45) is 2.55. The molecule has 0 amide bonds. The molecule has 0 saturated carbocycles. The second kappa shape index (κ2) is 5.33. The third kappa shape index (κ3) is 3.31. The minimum Gasteiger partial charge on any atom is -0.477 e. The molecule has 0 bridgehead atoms. The van der Waals surface area contributed by atoms with Crippen molar-refractivity contribution in [3.05, 3.63) is 18.0 Å². The molecule has 0 saturated heterocycles. The lowest BCUT2D eigenvalue weighted by molar-refractivity contribution is 0.0691. The van der Waals surface area contributed by atoms with Gasteiger partial charge in [-0.1, -0.05) is 13.8 Å². The van der Waals surface area contributed by atoms with Crippen molar-refractivity contribution in [2.75, 3.05) is 0 Å². The van der Waals surface area contributed by atoms with Gasteiger partial charge in [-0.3, -0.25) is 0 Å². The van der Waals surface area contributed by atoms with Gasteiger partial charge in [0.25, 0.3) is 0 Å². The summed E-state index contributed by atoms with van der Waals surface area (Å²) in [5.74, 6) is -1.19. The molecule has 0 atom stereocenters. The van der Waals surface area contributed by atoms with Crippen molar-refractivity contribution in [1.29, 1.82) is 0 Å². The zero-order valence-corrected chi connectivity index (χ0v) is 10.5. The Hall–Kier alpha value is -1.34. The van der Waals surface area contributed by atoms with Gasteiger partial charge in [0.15, 0.2) is 0 Å². The maximum atomic E-state index is 11.9. The fourth-order valence-corrected chi connectivity index (χ4v) is 2.79. The Bertz CT molecular complexity index is 488. The largest absolute Gasteiger partial charge is 0.477 e. The van der Waals surface area contributed by atoms with Gasteiger partial charge in [0.2, 0.25) is 10.0 Å². The van der Waals surface area contributed by atoms with Crippen molar-refractivity contribution in [2.45, 2.75) is 37.6 Å². The van der Waals surface area contributed by atoms with E-state index in [0.29, 0.717) is 12.8 Å². The van der Waals surface area contributed by atoms with Gasteiger partial charge in [-0.15, -0.1) is 0 Å². The minimum absolute atomic E-state index is 0.0539. The van der Waals surface area contributed by atoms with Crippen molar-refractivity contribution in [1.82, 2.24) is 9.71 Å². The first-order valence-corrected chi connectivity index (χ1v) is 6.83. The average molecular weight is 260 g/mol. The van der Waals surface area contributed by atoms with E-state index >= 15 is 0 Å². The maximum absolute atomic E-state index is 11.9. The van der Waals surface area contributed by atoms with Gasteiger partial charge in [-0.25, -0.2) is 17.9 Å². The van der Waals surface area contributed by atoms with E-state index in [1.165, 1.54) is 6.20 Å². The second-order valence-corrected chi connectivity index (χ2v) is 5.40. The molecule has 1 aromatic rings. The average Bonchev–Trinajstić information content (AvgIpc) is 2.75. The highest BCUT2D eigenvalue weighted by Gasteiger charge is 2.20. The first kappa shape index (κ1) is 13.7. The molecule has 3 N–H and O–H groups in total. The zero-order valence-electron chi connectivity index (χ0n) is 9.73. The molecule has 0 fully saturated rings. The lowest BCUT2D eigenvalue weighted by Crippen LogP contribution is -2.33. The number of aromatic nitrogens is 1. The summed E-state index contributed by atoms with van der Waals surface area (Å²) in [6.45, 7) is 3.77. The lowest BCUT2D eigenvalue weighted by Gasteiger charge is -2.13. The summed E-state index contributed by atoms with van der Waals surface area (Å²) >= 11 is 0. The van der Waals surface area contributed by atoms with E-state index in [0.717, 1.165) is 6.07 Å². The summed E-state index contributed by atoms with van der Waals surface area (Å²) in [5, 5.41) is 8.69. The molecule has 0 spiro atoms. The molecule has 1 aromatic heterocycles. The number of aromatic carboxylic acids is 1. The molecular formula is C10H16N2O4S. The van der Waals surface area contributed by atoms with Crippen LogP contribution < -0.4 is 4.72 Å². The van der Waals surface area contributed by atoms with E-state index in [1.54, 1.807) is 0 Å². The van der Waals surface area contributed by atoms with Crippen LogP contribution in [0.25, 0.3) is 0 Å². The molecule has 0 unspecified atom stereocenters. The van der Waals surface area contributed by atoms with Crippen molar-refractivity contribution in [3.8, 4) is 0 Å². The van der Waals surface area contributed by atoms with Crippen molar-refractivity contribution >= 4 is 16.0 Å². The highest BCUT2D eigenvalue weighted by Crippen LogP contribution is 2.12. The van der Waals surface area contributed by atoms with Crippen LogP contribution >= 0.6 is 0 Å². The predicted molar refractivity (Wildman–Crippen MR) is 62.4 cm³/mol. The molecule has 96 valence electrons. The smallest absolute Gasteiger partial charge is 0.352 e. The minimum atomic E-state index is -3.64. The molecule has 17 heavy (non-hydrogen) atoms. The van der Waals surface area contributed by atoms with Crippen LogP contribution in [0.4, 0.5) is 0 Å². The third-order valence-electron chi connectivity index (χ3n) is 2.50. The van der Waals surface area contributed by atoms with E-state index in [1.807, 2.05) is 13.8 Å². The normalized spacial score (nSPS) is 11.9. The highest BCUT2D eigenvalue weighted by molar-refractivity contribution is 7.89. The van der Waals surface area contributed by atoms with E-state index < -0.39 is 16.0 Å². The lowest BCUT2D eigenvalue weighted by atomic mass is 10.2. The van der Waals surface area contributed by atoms with Gasteiger partial charge in [0.1, 0.15) is 10.6 Å². The number of carboxylic acids is 1. The van der Waals surface area contributed by atoms with Gasteiger partial charge in [-0.2, -0.15) is 0 Å². The number of hydrogen-bond acceptors (Lipinski definition) is 3. The maximum Gasteiger partial charge on any atom is 0.352 e. The Kier molecular flexibility index (Phi) is 4.30. The second-order valence-electron chi connectivity index (χ2n) is 3.69. The number of nitrogens with one attached hydrogen (secondary N) is 2. The summed E-state index contributed by atoms with van der Waals surface area (Å²) in [7, 11) is -3.64. The van der Waals surface area contributed by atoms with Gasteiger partial charge in [0.05, 0.1) is 0 Å². The van der Waals surface area contributed by atoms with E-state index in [2.05, 4.69) is 9.71 Å². The van der Waals surface area contributed by atoms with E-state index in [-0.39, 0.29) is 16.6 Å². The predicted octanol–water partition coefficient (Wildman–Crippen LogP) is 1.18. The van der Waals surface area contributed by atoms with Crippen molar-refractivity contribution < 1.29 is 18.3 Å². The number of carboxylic acid groups (broad SMARTS) is 1. The van der Waals surface area contributed by atoms with Crippen LogP contribution in [0.5, 0.6) is 0 Å². The summed E-state index contributed by atoms with van der Waals surface area (Å²) in [5.41, 5.74) is -0.144. The van der Waals surface area contributed by atoms with Crippen LogP contribution in [0.2, 0.25) is 0 Å². The third-order valence-corrected chi connectivity index (χ3v) is 4.00. The molecule has 0 aromatic carbocycles. The molecule has 1 rings (SSSR count). The number of aromatic amines is 1.